The van der Waals surface area contributed by atoms with Crippen LogP contribution in [0.25, 0.3) is 0 Å². The molecule has 3 heteroatoms. The Kier molecular flexibility index (Phi) is 3.78. The van der Waals surface area contributed by atoms with E-state index in [1.54, 1.807) is 0 Å². The molecule has 0 bridgehead atoms. The fourth-order valence-electron chi connectivity index (χ4n) is 2.05. The summed E-state index contributed by atoms with van der Waals surface area (Å²) in [5.74, 6) is 0. The molecule has 0 saturated carbocycles. The molecule has 15 heavy (non-hydrogen) atoms. The van der Waals surface area contributed by atoms with Crippen molar-refractivity contribution in [2.24, 2.45) is 0 Å². The molecule has 0 amide bonds. The van der Waals surface area contributed by atoms with Gasteiger partial charge in [0.25, 0.3) is 0 Å². The van der Waals surface area contributed by atoms with E-state index in [1.807, 2.05) is 0 Å². The minimum Gasteiger partial charge on any atom is -0.298 e. The van der Waals surface area contributed by atoms with Crippen LogP contribution in [-0.4, -0.2) is 24.7 Å². The van der Waals surface area contributed by atoms with Crippen LogP contribution in [0.2, 0.25) is 0 Å². The molecular formula is C12H17BrN2. The average molecular weight is 269 g/mol. The van der Waals surface area contributed by atoms with Crippen molar-refractivity contribution in [1.82, 2.24) is 10.2 Å². The molecule has 0 radical (unpaired) electrons. The summed E-state index contributed by atoms with van der Waals surface area (Å²) in [5, 5.41) is 3.58. The van der Waals surface area contributed by atoms with E-state index < -0.39 is 0 Å². The van der Waals surface area contributed by atoms with Crippen LogP contribution in [-0.2, 0) is 6.54 Å². The normalized spacial score (nSPS) is 22.1. The number of benzene rings is 1. The number of rotatable bonds is 3. The second-order valence-electron chi connectivity index (χ2n) is 4.15. The summed E-state index contributed by atoms with van der Waals surface area (Å²) in [4.78, 5) is 2.39. The highest BCUT2D eigenvalue weighted by molar-refractivity contribution is 9.10. The number of nitrogens with one attached hydrogen (secondary N) is 1. The largest absolute Gasteiger partial charge is 0.298 e. The van der Waals surface area contributed by atoms with Crippen molar-refractivity contribution in [3.05, 3.63) is 34.3 Å². The molecule has 1 aromatic rings. The predicted molar refractivity (Wildman–Crippen MR) is 66.6 cm³/mol. The van der Waals surface area contributed by atoms with Crippen molar-refractivity contribution < 1.29 is 0 Å². The van der Waals surface area contributed by atoms with Gasteiger partial charge in [-0.25, -0.2) is 0 Å². The first-order valence-electron chi connectivity index (χ1n) is 5.44. The van der Waals surface area contributed by atoms with Crippen molar-refractivity contribution in [2.45, 2.75) is 25.6 Å². The van der Waals surface area contributed by atoms with Crippen molar-refractivity contribution in [3.8, 4) is 0 Å². The van der Waals surface area contributed by atoms with E-state index in [-0.39, 0.29) is 0 Å². The van der Waals surface area contributed by atoms with E-state index in [4.69, 9.17) is 0 Å². The standard InChI is InChI=1S/C12H17BrN2/c1-15-7-3-6-12(15)14-9-10-4-2-5-11(13)8-10/h2,4-5,8,12,14H,3,6-7,9H2,1H3. The summed E-state index contributed by atoms with van der Waals surface area (Å²) in [6, 6.07) is 8.47. The van der Waals surface area contributed by atoms with Crippen LogP contribution >= 0.6 is 15.9 Å². The molecule has 82 valence electrons. The van der Waals surface area contributed by atoms with Gasteiger partial charge < -0.3 is 0 Å². The molecule has 0 aliphatic carbocycles. The molecule has 0 spiro atoms. The van der Waals surface area contributed by atoms with E-state index in [0.717, 1.165) is 11.0 Å². The molecule has 1 aromatic carbocycles. The summed E-state index contributed by atoms with van der Waals surface area (Å²) in [6.45, 7) is 2.17. The monoisotopic (exact) mass is 268 g/mol. The highest BCUT2D eigenvalue weighted by atomic mass is 79.9. The molecule has 1 atom stereocenters. The molecule has 1 saturated heterocycles. The summed E-state index contributed by atoms with van der Waals surface area (Å²) in [6.07, 6.45) is 3.14. The second-order valence-corrected chi connectivity index (χ2v) is 5.07. The minimum absolute atomic E-state index is 0.559. The van der Waals surface area contributed by atoms with Gasteiger partial charge in [-0.3, -0.25) is 10.2 Å². The van der Waals surface area contributed by atoms with Crippen molar-refractivity contribution in [2.75, 3.05) is 13.6 Å². The molecule has 2 nitrogen and oxygen atoms in total. The third-order valence-electron chi connectivity index (χ3n) is 2.95. The summed E-state index contributed by atoms with van der Waals surface area (Å²) < 4.78 is 1.15. The van der Waals surface area contributed by atoms with Gasteiger partial charge in [-0.1, -0.05) is 28.1 Å². The lowest BCUT2D eigenvalue weighted by molar-refractivity contribution is 0.263. The zero-order valence-corrected chi connectivity index (χ0v) is 10.6. The van der Waals surface area contributed by atoms with Crippen molar-refractivity contribution in [3.63, 3.8) is 0 Å². The Labute approximate surface area is 99.8 Å². The van der Waals surface area contributed by atoms with Crippen LogP contribution in [0.1, 0.15) is 18.4 Å². The van der Waals surface area contributed by atoms with Crippen LogP contribution < -0.4 is 5.32 Å². The number of hydrogen-bond donors (Lipinski definition) is 1. The number of hydrogen-bond acceptors (Lipinski definition) is 2. The Bertz CT molecular complexity index is 327. The molecule has 1 aliphatic rings. The summed E-state index contributed by atoms with van der Waals surface area (Å²) in [5.41, 5.74) is 1.34. The first kappa shape index (κ1) is 11.1. The Morgan fingerprint density at radius 1 is 1.53 bits per heavy atom. The van der Waals surface area contributed by atoms with Gasteiger partial charge in [-0.2, -0.15) is 0 Å². The lowest BCUT2D eigenvalue weighted by Gasteiger charge is -2.20. The summed E-state index contributed by atoms with van der Waals surface area (Å²) >= 11 is 3.49. The predicted octanol–water partition coefficient (Wildman–Crippen LogP) is 2.59. The minimum atomic E-state index is 0.559. The Balaban J connectivity index is 1.87. The van der Waals surface area contributed by atoms with Gasteiger partial charge >= 0.3 is 0 Å². The van der Waals surface area contributed by atoms with E-state index in [0.29, 0.717) is 6.17 Å². The van der Waals surface area contributed by atoms with Crippen LogP contribution in [0.3, 0.4) is 0 Å². The fourth-order valence-corrected chi connectivity index (χ4v) is 2.50. The maximum absolute atomic E-state index is 3.58. The van der Waals surface area contributed by atoms with Gasteiger partial charge in [0.15, 0.2) is 0 Å². The SMILES string of the molecule is CN1CCCC1NCc1cccc(Br)c1. The highest BCUT2D eigenvalue weighted by Crippen LogP contribution is 2.14. The lowest BCUT2D eigenvalue weighted by Crippen LogP contribution is -2.38. The maximum Gasteiger partial charge on any atom is 0.0597 e. The van der Waals surface area contributed by atoms with Crippen molar-refractivity contribution >= 4 is 15.9 Å². The maximum atomic E-state index is 3.58. The molecule has 1 fully saturated rings. The Hall–Kier alpha value is -0.380. The lowest BCUT2D eigenvalue weighted by atomic mass is 10.2. The van der Waals surface area contributed by atoms with Gasteiger partial charge in [0, 0.05) is 11.0 Å². The molecule has 1 aliphatic heterocycles. The van der Waals surface area contributed by atoms with Crippen LogP contribution in [0.15, 0.2) is 28.7 Å². The third kappa shape index (κ3) is 3.03. The number of likely N-dealkylation sites (tertiary alicyclic amines) is 1. The molecule has 0 aromatic heterocycles. The number of halogens is 1. The van der Waals surface area contributed by atoms with E-state index in [9.17, 15) is 0 Å². The van der Waals surface area contributed by atoms with E-state index in [1.165, 1.54) is 24.9 Å². The molecule has 1 heterocycles. The zero-order valence-electron chi connectivity index (χ0n) is 9.04. The molecule has 1 unspecified atom stereocenters. The molecular weight excluding hydrogens is 252 g/mol. The molecule has 2 rings (SSSR count). The number of nitrogens with zero attached hydrogens (tertiary/aromatic N) is 1. The Morgan fingerprint density at radius 3 is 3.07 bits per heavy atom. The smallest absolute Gasteiger partial charge is 0.0597 e. The van der Waals surface area contributed by atoms with E-state index in [2.05, 4.69) is 57.5 Å². The Morgan fingerprint density at radius 2 is 2.40 bits per heavy atom. The van der Waals surface area contributed by atoms with Crippen LogP contribution in [0.5, 0.6) is 0 Å². The first-order valence-corrected chi connectivity index (χ1v) is 6.23. The second kappa shape index (κ2) is 5.10. The van der Waals surface area contributed by atoms with Gasteiger partial charge in [0.05, 0.1) is 6.17 Å². The quantitative estimate of drug-likeness (QED) is 0.907. The highest BCUT2D eigenvalue weighted by Gasteiger charge is 2.19. The topological polar surface area (TPSA) is 15.3 Å². The first-order chi connectivity index (χ1) is 7.25. The average Bonchev–Trinajstić information content (AvgIpc) is 2.61. The zero-order chi connectivity index (χ0) is 10.7. The van der Waals surface area contributed by atoms with Gasteiger partial charge in [-0.15, -0.1) is 0 Å². The summed E-state index contributed by atoms with van der Waals surface area (Å²) in [7, 11) is 2.19. The molecule has 1 N–H and O–H groups in total. The van der Waals surface area contributed by atoms with E-state index >= 15 is 0 Å². The van der Waals surface area contributed by atoms with Crippen LogP contribution in [0.4, 0.5) is 0 Å². The van der Waals surface area contributed by atoms with Gasteiger partial charge in [0.1, 0.15) is 0 Å². The van der Waals surface area contributed by atoms with Crippen LogP contribution in [0, 0.1) is 0 Å². The van der Waals surface area contributed by atoms with Gasteiger partial charge in [-0.05, 0) is 44.1 Å². The fraction of sp³-hybridized carbons (Fsp3) is 0.500. The van der Waals surface area contributed by atoms with Gasteiger partial charge in [0.2, 0.25) is 0 Å². The van der Waals surface area contributed by atoms with Crippen molar-refractivity contribution in [1.29, 1.82) is 0 Å². The third-order valence-corrected chi connectivity index (χ3v) is 3.44.